The highest BCUT2D eigenvalue weighted by Gasteiger charge is 2.15. The number of fused-ring (bicyclic) bond motifs is 4. The fourth-order valence-corrected chi connectivity index (χ4v) is 3.66. The molecule has 5 aromatic rings. The average molecular weight is 383 g/mol. The van der Waals surface area contributed by atoms with Gasteiger partial charge in [-0.3, -0.25) is 14.2 Å². The van der Waals surface area contributed by atoms with Crippen LogP contribution in [0.3, 0.4) is 0 Å². The molecule has 0 N–H and O–H groups in total. The Morgan fingerprint density at radius 2 is 1.52 bits per heavy atom. The van der Waals surface area contributed by atoms with Crippen molar-refractivity contribution in [1.29, 1.82) is 0 Å². The molecule has 0 aliphatic carbocycles. The molecule has 0 aliphatic rings. The number of ether oxygens (including phenoxy) is 1. The van der Waals surface area contributed by atoms with Crippen LogP contribution in [0.15, 0.2) is 82.4 Å². The number of methoxy groups -OCH3 is 1. The average Bonchev–Trinajstić information content (AvgIpc) is 2.77. The maximum Gasteiger partial charge on any atom is 0.267 e. The van der Waals surface area contributed by atoms with E-state index in [1.807, 2.05) is 42.5 Å². The molecule has 0 saturated carbocycles. The number of aromatic nitrogens is 3. The maximum absolute atomic E-state index is 13.3. The number of hydrogen-bond acceptors (Lipinski definition) is 4. The van der Waals surface area contributed by atoms with Crippen molar-refractivity contribution in [2.75, 3.05) is 7.11 Å². The molecule has 3 aromatic carbocycles. The minimum Gasteiger partial charge on any atom is -0.497 e. The van der Waals surface area contributed by atoms with E-state index in [9.17, 15) is 9.59 Å². The SMILES string of the molecule is COc1ccc(Cn2c(=O)c3ccccc3n3c(=O)c4ccccc4nc23)cc1. The predicted octanol–water partition coefficient (Wildman–Crippen LogP) is 3.22. The fourth-order valence-electron chi connectivity index (χ4n) is 3.66. The first-order valence-electron chi connectivity index (χ1n) is 9.23. The highest BCUT2D eigenvalue weighted by Crippen LogP contribution is 2.17. The second kappa shape index (κ2) is 6.60. The molecule has 2 heterocycles. The van der Waals surface area contributed by atoms with Crippen LogP contribution in [0.25, 0.3) is 27.6 Å². The Bertz CT molecular complexity index is 1500. The molecule has 29 heavy (non-hydrogen) atoms. The molecule has 0 unspecified atom stereocenters. The largest absolute Gasteiger partial charge is 0.497 e. The molecule has 6 nitrogen and oxygen atoms in total. The lowest BCUT2D eigenvalue weighted by atomic mass is 10.2. The molecule has 0 radical (unpaired) electrons. The van der Waals surface area contributed by atoms with E-state index in [2.05, 4.69) is 4.98 Å². The van der Waals surface area contributed by atoms with Gasteiger partial charge in [0.15, 0.2) is 0 Å². The Labute approximate surface area is 165 Å². The summed E-state index contributed by atoms with van der Waals surface area (Å²) < 4.78 is 8.29. The van der Waals surface area contributed by atoms with Gasteiger partial charge in [0.25, 0.3) is 11.1 Å². The van der Waals surface area contributed by atoms with Crippen LogP contribution in [0.1, 0.15) is 5.56 Å². The molecule has 5 rings (SSSR count). The second-order valence-corrected chi connectivity index (χ2v) is 6.83. The maximum atomic E-state index is 13.3. The van der Waals surface area contributed by atoms with E-state index in [1.165, 1.54) is 4.40 Å². The summed E-state index contributed by atoms with van der Waals surface area (Å²) >= 11 is 0. The first-order chi connectivity index (χ1) is 14.2. The number of benzene rings is 3. The van der Waals surface area contributed by atoms with Gasteiger partial charge in [0.2, 0.25) is 5.78 Å². The minimum atomic E-state index is -0.190. The molecular weight excluding hydrogens is 366 g/mol. The normalized spacial score (nSPS) is 11.3. The van der Waals surface area contributed by atoms with Crippen LogP contribution in [0.5, 0.6) is 5.75 Å². The van der Waals surface area contributed by atoms with Crippen molar-refractivity contribution in [2.45, 2.75) is 6.54 Å². The van der Waals surface area contributed by atoms with Crippen LogP contribution in [-0.4, -0.2) is 21.1 Å². The third kappa shape index (κ3) is 2.69. The van der Waals surface area contributed by atoms with E-state index in [0.717, 1.165) is 11.3 Å². The van der Waals surface area contributed by atoms with E-state index < -0.39 is 0 Å². The quantitative estimate of drug-likeness (QED) is 0.354. The Morgan fingerprint density at radius 3 is 2.28 bits per heavy atom. The van der Waals surface area contributed by atoms with Crippen molar-refractivity contribution in [3.63, 3.8) is 0 Å². The molecule has 2 aromatic heterocycles. The summed E-state index contributed by atoms with van der Waals surface area (Å²) in [7, 11) is 1.61. The van der Waals surface area contributed by atoms with Crippen molar-refractivity contribution in [3.8, 4) is 5.75 Å². The zero-order valence-electron chi connectivity index (χ0n) is 15.7. The zero-order valence-corrected chi connectivity index (χ0v) is 15.7. The van der Waals surface area contributed by atoms with Gasteiger partial charge < -0.3 is 4.74 Å². The number of rotatable bonds is 3. The topological polar surface area (TPSA) is 65.6 Å². The van der Waals surface area contributed by atoms with Gasteiger partial charge in [-0.15, -0.1) is 0 Å². The van der Waals surface area contributed by atoms with Crippen LogP contribution < -0.4 is 15.9 Å². The van der Waals surface area contributed by atoms with E-state index in [0.29, 0.717) is 34.1 Å². The van der Waals surface area contributed by atoms with Crippen molar-refractivity contribution >= 4 is 27.6 Å². The second-order valence-electron chi connectivity index (χ2n) is 6.83. The lowest BCUT2D eigenvalue weighted by molar-refractivity contribution is 0.414. The lowest BCUT2D eigenvalue weighted by Crippen LogP contribution is -2.29. The van der Waals surface area contributed by atoms with Gasteiger partial charge >= 0.3 is 0 Å². The van der Waals surface area contributed by atoms with Crippen molar-refractivity contribution < 1.29 is 4.74 Å². The summed E-state index contributed by atoms with van der Waals surface area (Å²) in [4.78, 5) is 31.3. The Morgan fingerprint density at radius 1 is 0.828 bits per heavy atom. The van der Waals surface area contributed by atoms with Crippen LogP contribution in [0.2, 0.25) is 0 Å². The summed E-state index contributed by atoms with van der Waals surface area (Å²) in [5.74, 6) is 1.07. The highest BCUT2D eigenvalue weighted by molar-refractivity contribution is 5.84. The van der Waals surface area contributed by atoms with Crippen LogP contribution in [-0.2, 0) is 6.54 Å². The van der Waals surface area contributed by atoms with Gasteiger partial charge in [0, 0.05) is 0 Å². The standard InChI is InChI=1S/C23H17N3O3/c1-29-16-12-10-15(11-13-16)14-25-21(27)18-7-3-5-9-20(18)26-22(28)17-6-2-4-8-19(17)24-23(25)26/h2-13H,14H2,1H3. The molecule has 0 amide bonds. The summed E-state index contributed by atoms with van der Waals surface area (Å²) in [5, 5.41) is 0.998. The van der Waals surface area contributed by atoms with Crippen LogP contribution in [0.4, 0.5) is 0 Å². The lowest BCUT2D eigenvalue weighted by Gasteiger charge is -2.14. The predicted molar refractivity (Wildman–Crippen MR) is 113 cm³/mol. The van der Waals surface area contributed by atoms with Crippen LogP contribution in [0, 0.1) is 0 Å². The molecule has 142 valence electrons. The number of nitrogens with zero attached hydrogens (tertiary/aromatic N) is 3. The van der Waals surface area contributed by atoms with E-state index in [1.54, 1.807) is 42.0 Å². The number of hydrogen-bond donors (Lipinski definition) is 0. The summed E-state index contributed by atoms with van der Waals surface area (Å²) in [6, 6.07) is 21.8. The molecule has 6 heteroatoms. The highest BCUT2D eigenvalue weighted by atomic mass is 16.5. The van der Waals surface area contributed by atoms with Crippen molar-refractivity contribution in [3.05, 3.63) is 99.1 Å². The molecule has 0 spiro atoms. The van der Waals surface area contributed by atoms with E-state index in [4.69, 9.17) is 4.74 Å². The third-order valence-electron chi connectivity index (χ3n) is 5.12. The van der Waals surface area contributed by atoms with Crippen LogP contribution >= 0.6 is 0 Å². The summed E-state index contributed by atoms with van der Waals surface area (Å²) in [6.07, 6.45) is 0. The molecular formula is C23H17N3O3. The Hall–Kier alpha value is -3.93. The summed E-state index contributed by atoms with van der Waals surface area (Å²) in [5.41, 5.74) is 1.66. The first-order valence-corrected chi connectivity index (χ1v) is 9.23. The summed E-state index contributed by atoms with van der Waals surface area (Å²) in [6.45, 7) is 0.294. The van der Waals surface area contributed by atoms with Crippen molar-refractivity contribution in [2.24, 2.45) is 0 Å². The van der Waals surface area contributed by atoms with Gasteiger partial charge in [-0.05, 0) is 42.0 Å². The number of para-hydroxylation sites is 2. The van der Waals surface area contributed by atoms with Gasteiger partial charge in [-0.25, -0.2) is 9.38 Å². The zero-order chi connectivity index (χ0) is 20.0. The van der Waals surface area contributed by atoms with Gasteiger partial charge in [0.05, 0.1) is 35.5 Å². The molecule has 0 saturated heterocycles. The Kier molecular flexibility index (Phi) is 3.91. The first kappa shape index (κ1) is 17.2. The van der Waals surface area contributed by atoms with Gasteiger partial charge in [-0.2, -0.15) is 0 Å². The molecule has 0 aliphatic heterocycles. The monoisotopic (exact) mass is 383 g/mol. The minimum absolute atomic E-state index is 0.182. The smallest absolute Gasteiger partial charge is 0.267 e. The molecule has 0 atom stereocenters. The Balaban J connectivity index is 1.89. The molecule has 0 fully saturated rings. The van der Waals surface area contributed by atoms with E-state index >= 15 is 0 Å². The molecule has 0 bridgehead atoms. The van der Waals surface area contributed by atoms with Gasteiger partial charge in [-0.1, -0.05) is 36.4 Å². The van der Waals surface area contributed by atoms with Crippen molar-refractivity contribution in [1.82, 2.24) is 14.0 Å². The van der Waals surface area contributed by atoms with E-state index in [-0.39, 0.29) is 11.1 Å². The third-order valence-corrected chi connectivity index (χ3v) is 5.12. The fraction of sp³-hybridized carbons (Fsp3) is 0.0870. The van der Waals surface area contributed by atoms with Gasteiger partial charge in [0.1, 0.15) is 5.75 Å².